The van der Waals surface area contributed by atoms with Crippen LogP contribution in [0.1, 0.15) is 34.1 Å². The lowest BCUT2D eigenvalue weighted by Gasteiger charge is -2.13. The predicted octanol–water partition coefficient (Wildman–Crippen LogP) is 3.91. The topological polar surface area (TPSA) is 72.3 Å². The van der Waals surface area contributed by atoms with Crippen LogP contribution in [0.25, 0.3) is 10.2 Å². The Morgan fingerprint density at radius 2 is 2.26 bits per heavy atom. The van der Waals surface area contributed by atoms with Gasteiger partial charge in [-0.3, -0.25) is 4.79 Å². The maximum Gasteiger partial charge on any atom is 0.159 e. The molecule has 4 rings (SSSR count). The van der Waals surface area contributed by atoms with Crippen molar-refractivity contribution in [2.75, 3.05) is 12.4 Å². The van der Waals surface area contributed by atoms with E-state index in [2.05, 4.69) is 9.97 Å². The predicted molar refractivity (Wildman–Crippen MR) is 108 cm³/mol. The molecule has 0 unspecified atom stereocenters. The molecular formula is C20H20N2O3S2. The average molecular weight is 401 g/mol. The van der Waals surface area contributed by atoms with Gasteiger partial charge in [0.25, 0.3) is 0 Å². The molecule has 1 aliphatic rings. The number of ketones is 1. The Morgan fingerprint density at radius 1 is 1.37 bits per heavy atom. The van der Waals surface area contributed by atoms with E-state index in [9.17, 15) is 9.90 Å². The van der Waals surface area contributed by atoms with E-state index in [1.54, 1.807) is 53.7 Å². The van der Waals surface area contributed by atoms with Crippen molar-refractivity contribution < 1.29 is 14.6 Å². The molecule has 0 bridgehead atoms. The smallest absolute Gasteiger partial charge is 0.159 e. The number of rotatable bonds is 7. The fourth-order valence-electron chi connectivity index (χ4n) is 3.23. The highest BCUT2D eigenvalue weighted by Crippen LogP contribution is 2.40. The first kappa shape index (κ1) is 18.4. The Kier molecular flexibility index (Phi) is 5.43. The summed E-state index contributed by atoms with van der Waals surface area (Å²) in [7, 11) is 0. The normalized spacial score (nSPS) is 14.3. The second-order valence-corrected chi connectivity index (χ2v) is 8.67. The number of hydrogen-bond acceptors (Lipinski definition) is 7. The molecular weight excluding hydrogens is 380 g/mol. The molecule has 3 aromatic rings. The van der Waals surface area contributed by atoms with Crippen molar-refractivity contribution in [3.05, 3.63) is 46.6 Å². The molecule has 0 saturated heterocycles. The number of fused-ring (bicyclic) bond motifs is 3. The molecule has 1 aliphatic carbocycles. The summed E-state index contributed by atoms with van der Waals surface area (Å²) in [5.41, 5.74) is 2.00. The number of thioether (sulfide) groups is 1. The van der Waals surface area contributed by atoms with Gasteiger partial charge in [0.1, 0.15) is 28.5 Å². The molecule has 0 amide bonds. The first-order valence-electron chi connectivity index (χ1n) is 8.91. The van der Waals surface area contributed by atoms with Gasteiger partial charge < -0.3 is 9.84 Å². The summed E-state index contributed by atoms with van der Waals surface area (Å²) in [5, 5.41) is 12.4. The zero-order chi connectivity index (χ0) is 18.8. The molecule has 2 aromatic heterocycles. The fraction of sp³-hybridized carbons (Fsp3) is 0.350. The number of aliphatic hydroxyl groups is 1. The summed E-state index contributed by atoms with van der Waals surface area (Å²) in [4.78, 5) is 22.8. The van der Waals surface area contributed by atoms with E-state index in [1.807, 2.05) is 0 Å². The van der Waals surface area contributed by atoms with Crippen molar-refractivity contribution in [3.63, 3.8) is 0 Å². The molecule has 5 nitrogen and oxygen atoms in total. The van der Waals surface area contributed by atoms with Crippen molar-refractivity contribution in [1.29, 1.82) is 0 Å². The number of benzene rings is 1. The number of carbonyl (C=O) groups excluding carboxylic acids is 1. The molecule has 1 N–H and O–H groups in total. The summed E-state index contributed by atoms with van der Waals surface area (Å²) in [6.45, 7) is 1.69. The van der Waals surface area contributed by atoms with E-state index in [0.717, 1.165) is 22.7 Å². The van der Waals surface area contributed by atoms with Crippen LogP contribution in [0.2, 0.25) is 0 Å². The summed E-state index contributed by atoms with van der Waals surface area (Å²) in [5.74, 6) is 1.07. The van der Waals surface area contributed by atoms with E-state index in [1.165, 1.54) is 29.2 Å². The number of carbonyl (C=O) groups is 1. The maximum atomic E-state index is 11.4. The van der Waals surface area contributed by atoms with Gasteiger partial charge in [0, 0.05) is 21.6 Å². The summed E-state index contributed by atoms with van der Waals surface area (Å²) in [6.07, 6.45) is 4.40. The van der Waals surface area contributed by atoms with Crippen LogP contribution in [0.5, 0.6) is 5.75 Å². The van der Waals surface area contributed by atoms with Gasteiger partial charge in [-0.1, -0.05) is 12.1 Å². The van der Waals surface area contributed by atoms with Crippen LogP contribution >= 0.6 is 23.1 Å². The monoisotopic (exact) mass is 400 g/mol. The van der Waals surface area contributed by atoms with Gasteiger partial charge in [-0.05, 0) is 43.9 Å². The molecule has 0 spiro atoms. The second kappa shape index (κ2) is 7.96. The fourth-order valence-corrected chi connectivity index (χ4v) is 5.46. The molecule has 140 valence electrons. The Morgan fingerprint density at radius 3 is 3.11 bits per heavy atom. The molecule has 27 heavy (non-hydrogen) atoms. The first-order chi connectivity index (χ1) is 13.1. The molecule has 2 heterocycles. The number of aromatic nitrogens is 2. The second-order valence-electron chi connectivity index (χ2n) is 6.58. The van der Waals surface area contributed by atoms with E-state index in [-0.39, 0.29) is 12.4 Å². The van der Waals surface area contributed by atoms with Gasteiger partial charge in [-0.2, -0.15) is 0 Å². The molecule has 0 radical (unpaired) electrons. The molecule has 7 heteroatoms. The minimum atomic E-state index is -0.632. The summed E-state index contributed by atoms with van der Waals surface area (Å²) < 4.78 is 5.65. The van der Waals surface area contributed by atoms with Crippen molar-refractivity contribution in [1.82, 2.24) is 9.97 Å². The molecule has 0 fully saturated rings. The van der Waals surface area contributed by atoms with E-state index >= 15 is 0 Å². The van der Waals surface area contributed by atoms with E-state index in [0.29, 0.717) is 17.1 Å². The number of aryl methyl sites for hydroxylation is 2. The van der Waals surface area contributed by atoms with E-state index in [4.69, 9.17) is 4.74 Å². The molecule has 1 atom stereocenters. The molecule has 0 saturated carbocycles. The number of aliphatic hydroxyl groups excluding tert-OH is 1. The zero-order valence-electron chi connectivity index (χ0n) is 15.0. The van der Waals surface area contributed by atoms with Crippen LogP contribution in [-0.4, -0.2) is 39.3 Å². The van der Waals surface area contributed by atoms with Crippen LogP contribution in [0.3, 0.4) is 0 Å². The number of Topliss-reactive ketones (excluding diaryl/α,β-unsaturated/α-hetero) is 1. The zero-order valence-corrected chi connectivity index (χ0v) is 16.6. The summed E-state index contributed by atoms with van der Waals surface area (Å²) in [6, 6.07) is 7.02. The van der Waals surface area contributed by atoms with Crippen molar-refractivity contribution in [3.8, 4) is 5.75 Å². The SMILES string of the molecule is CC(=O)c1cccc(OC[C@@H](O)CSc2ncnc3sc4c(c23)CCC4)c1. The number of thiophene rings is 1. The van der Waals surface area contributed by atoms with Gasteiger partial charge in [-0.15, -0.1) is 23.1 Å². The van der Waals surface area contributed by atoms with Crippen LogP contribution in [0, 0.1) is 0 Å². The van der Waals surface area contributed by atoms with E-state index < -0.39 is 6.10 Å². The van der Waals surface area contributed by atoms with Crippen LogP contribution in [-0.2, 0) is 12.8 Å². The van der Waals surface area contributed by atoms with Gasteiger partial charge in [-0.25, -0.2) is 9.97 Å². The Balaban J connectivity index is 1.38. The minimum Gasteiger partial charge on any atom is -0.491 e. The minimum absolute atomic E-state index is 0.00683. The summed E-state index contributed by atoms with van der Waals surface area (Å²) >= 11 is 3.31. The average Bonchev–Trinajstić information content (AvgIpc) is 3.26. The lowest BCUT2D eigenvalue weighted by Crippen LogP contribution is -2.20. The van der Waals surface area contributed by atoms with Crippen LogP contribution in [0.15, 0.2) is 35.6 Å². The van der Waals surface area contributed by atoms with Gasteiger partial charge in [0.05, 0.1) is 6.10 Å². The third-order valence-corrected chi connectivity index (χ3v) is 6.90. The Labute approximate surface area is 165 Å². The molecule has 1 aromatic carbocycles. The number of hydrogen-bond donors (Lipinski definition) is 1. The van der Waals surface area contributed by atoms with Crippen molar-refractivity contribution in [2.24, 2.45) is 0 Å². The highest BCUT2D eigenvalue weighted by molar-refractivity contribution is 7.99. The van der Waals surface area contributed by atoms with Crippen molar-refractivity contribution >= 4 is 39.1 Å². The van der Waals surface area contributed by atoms with Crippen molar-refractivity contribution in [2.45, 2.75) is 37.3 Å². The first-order valence-corrected chi connectivity index (χ1v) is 10.7. The van der Waals surface area contributed by atoms with Crippen LogP contribution < -0.4 is 4.74 Å². The standard InChI is InChI=1S/C20H20N2O3S2/c1-12(23)13-4-2-5-15(8-13)25-9-14(24)10-26-19-18-16-6-3-7-17(16)27-20(18)22-11-21-19/h2,4-5,8,11,14,24H,3,6-7,9-10H2,1H3/t14-/m1/s1. The lowest BCUT2D eigenvalue weighted by atomic mass is 10.1. The van der Waals surface area contributed by atoms with Gasteiger partial charge in [0.2, 0.25) is 0 Å². The van der Waals surface area contributed by atoms with Gasteiger partial charge in [0.15, 0.2) is 5.78 Å². The van der Waals surface area contributed by atoms with Gasteiger partial charge >= 0.3 is 0 Å². The molecule has 0 aliphatic heterocycles. The number of nitrogens with zero attached hydrogens (tertiary/aromatic N) is 2. The van der Waals surface area contributed by atoms with Crippen LogP contribution in [0.4, 0.5) is 0 Å². The number of ether oxygens (including phenoxy) is 1. The maximum absolute atomic E-state index is 11.4. The lowest BCUT2D eigenvalue weighted by molar-refractivity contribution is 0.101. The third kappa shape index (κ3) is 4.00. The highest BCUT2D eigenvalue weighted by Gasteiger charge is 2.21. The highest BCUT2D eigenvalue weighted by atomic mass is 32.2. The quantitative estimate of drug-likeness (QED) is 0.368. The Hall–Kier alpha value is -1.96. The largest absolute Gasteiger partial charge is 0.491 e. The third-order valence-electron chi connectivity index (χ3n) is 4.56. The Bertz CT molecular complexity index is 987.